The minimum Gasteiger partial charge on any atom is -0.480 e. The normalized spacial score (nSPS) is 15.2. The van der Waals surface area contributed by atoms with Gasteiger partial charge in [0.05, 0.1) is 0 Å². The van der Waals surface area contributed by atoms with E-state index in [-0.39, 0.29) is 13.0 Å². The fourth-order valence-electron chi connectivity index (χ4n) is 3.26. The molecule has 0 spiro atoms. The van der Waals surface area contributed by atoms with Crippen molar-refractivity contribution in [3.05, 3.63) is 0 Å². The highest BCUT2D eigenvalue weighted by Gasteiger charge is 2.57. The molecule has 2 unspecified atom stereocenters. The van der Waals surface area contributed by atoms with Crippen LogP contribution in [-0.2, 0) is 24.4 Å². The van der Waals surface area contributed by atoms with Gasteiger partial charge in [-0.2, -0.15) is 8.42 Å². The quantitative estimate of drug-likeness (QED) is 0.245. The van der Waals surface area contributed by atoms with Crippen molar-refractivity contribution < 1.29 is 37.5 Å². The molecule has 0 aliphatic rings. The zero-order valence-corrected chi connectivity index (χ0v) is 17.2. The average Bonchev–Trinajstić information content (AvgIpc) is 2.54. The van der Waals surface area contributed by atoms with E-state index >= 15 is 0 Å². The van der Waals surface area contributed by atoms with Gasteiger partial charge in [-0.25, -0.2) is 4.79 Å². The third kappa shape index (κ3) is 9.03. The lowest BCUT2D eigenvalue weighted by Gasteiger charge is -2.32. The summed E-state index contributed by atoms with van der Waals surface area (Å²) in [5.74, 6) is -3.65. The Morgan fingerprint density at radius 2 is 1.33 bits per heavy atom. The Kier molecular flexibility index (Phi) is 12.5. The van der Waals surface area contributed by atoms with Crippen LogP contribution in [-0.4, -0.2) is 52.6 Å². The van der Waals surface area contributed by atoms with Crippen LogP contribution in [0.1, 0.15) is 84.5 Å². The van der Waals surface area contributed by atoms with Crippen molar-refractivity contribution in [2.24, 2.45) is 0 Å². The summed E-state index contributed by atoms with van der Waals surface area (Å²) < 4.78 is 37.4. The van der Waals surface area contributed by atoms with Crippen LogP contribution in [0, 0.1) is 0 Å². The van der Waals surface area contributed by atoms with Crippen LogP contribution in [0.4, 0.5) is 0 Å². The Morgan fingerprint density at radius 3 is 1.67 bits per heavy atom. The van der Waals surface area contributed by atoms with Crippen molar-refractivity contribution in [3.8, 4) is 0 Å². The maximum Gasteiger partial charge on any atom is 0.338 e. The zero-order chi connectivity index (χ0) is 20.9. The first-order chi connectivity index (χ1) is 12.6. The molecule has 0 amide bonds. The molecule has 2 atom stereocenters. The second kappa shape index (κ2) is 13.1. The standard InChI is InChI=1S/C18H34O8S/c1-3-5-6-7-8-9-10-11-12-13-14-18(17(21)22,26-4-2)15(16(19)20)27(23,24)25/h15H,3-14H2,1-2H3,(H,19,20)(H,21,22)(H,23,24,25). The van der Waals surface area contributed by atoms with E-state index in [1.54, 1.807) is 0 Å². The van der Waals surface area contributed by atoms with Crippen LogP contribution in [0.3, 0.4) is 0 Å². The molecule has 0 radical (unpaired) electrons. The summed E-state index contributed by atoms with van der Waals surface area (Å²) in [6, 6.07) is 0. The van der Waals surface area contributed by atoms with Gasteiger partial charge in [-0.05, 0) is 19.8 Å². The van der Waals surface area contributed by atoms with Crippen LogP contribution in [0.5, 0.6) is 0 Å². The monoisotopic (exact) mass is 410 g/mol. The van der Waals surface area contributed by atoms with Crippen LogP contribution >= 0.6 is 0 Å². The minimum absolute atomic E-state index is 0.191. The summed E-state index contributed by atoms with van der Waals surface area (Å²) in [7, 11) is -5.16. The summed E-state index contributed by atoms with van der Waals surface area (Å²) in [6.45, 7) is 3.42. The molecule has 3 N–H and O–H groups in total. The Hall–Kier alpha value is -1.19. The second-order valence-electron chi connectivity index (χ2n) is 6.79. The molecule has 0 heterocycles. The van der Waals surface area contributed by atoms with Crippen molar-refractivity contribution in [1.82, 2.24) is 0 Å². The maximum absolute atomic E-state index is 11.7. The molecular weight excluding hydrogens is 376 g/mol. The third-order valence-electron chi connectivity index (χ3n) is 4.61. The number of unbranched alkanes of at least 4 members (excludes halogenated alkanes) is 9. The van der Waals surface area contributed by atoms with Gasteiger partial charge in [-0.1, -0.05) is 64.7 Å². The highest BCUT2D eigenvalue weighted by Crippen LogP contribution is 2.30. The van der Waals surface area contributed by atoms with Crippen LogP contribution in [0.2, 0.25) is 0 Å². The number of carboxylic acids is 2. The van der Waals surface area contributed by atoms with Gasteiger partial charge in [0, 0.05) is 6.61 Å². The number of rotatable bonds is 17. The molecule has 0 saturated heterocycles. The highest BCUT2D eigenvalue weighted by molar-refractivity contribution is 7.87. The van der Waals surface area contributed by atoms with Crippen molar-refractivity contribution >= 4 is 22.1 Å². The molecule has 8 nitrogen and oxygen atoms in total. The molecule has 0 aliphatic heterocycles. The van der Waals surface area contributed by atoms with E-state index in [2.05, 4.69) is 6.92 Å². The number of carboxylic acid groups (broad SMARTS) is 2. The van der Waals surface area contributed by atoms with Gasteiger partial charge in [0.1, 0.15) is 0 Å². The molecule has 0 aliphatic carbocycles. The molecule has 9 heteroatoms. The van der Waals surface area contributed by atoms with Crippen molar-refractivity contribution in [3.63, 3.8) is 0 Å². The Morgan fingerprint density at radius 1 is 0.889 bits per heavy atom. The summed E-state index contributed by atoms with van der Waals surface area (Å²) in [6.07, 6.45) is 9.58. The first kappa shape index (κ1) is 25.8. The van der Waals surface area contributed by atoms with E-state index in [9.17, 15) is 32.8 Å². The first-order valence-corrected chi connectivity index (χ1v) is 11.2. The smallest absolute Gasteiger partial charge is 0.338 e. The van der Waals surface area contributed by atoms with Crippen LogP contribution < -0.4 is 0 Å². The van der Waals surface area contributed by atoms with E-state index in [4.69, 9.17) is 4.74 Å². The van der Waals surface area contributed by atoms with E-state index in [0.29, 0.717) is 12.8 Å². The lowest BCUT2D eigenvalue weighted by Crippen LogP contribution is -2.58. The lowest BCUT2D eigenvalue weighted by atomic mass is 9.91. The van der Waals surface area contributed by atoms with Crippen LogP contribution in [0.25, 0.3) is 0 Å². The van der Waals surface area contributed by atoms with Gasteiger partial charge in [-0.15, -0.1) is 0 Å². The Labute approximate surface area is 162 Å². The fourth-order valence-corrected chi connectivity index (χ4v) is 4.28. The Balaban J connectivity index is 4.73. The molecule has 0 aromatic carbocycles. The summed E-state index contributed by atoms with van der Waals surface area (Å²) >= 11 is 0. The highest BCUT2D eigenvalue weighted by atomic mass is 32.2. The van der Waals surface area contributed by atoms with Gasteiger partial charge < -0.3 is 14.9 Å². The van der Waals surface area contributed by atoms with Crippen molar-refractivity contribution in [2.45, 2.75) is 95.3 Å². The van der Waals surface area contributed by atoms with Gasteiger partial charge in [0.25, 0.3) is 10.1 Å². The van der Waals surface area contributed by atoms with Gasteiger partial charge in [-0.3, -0.25) is 9.35 Å². The zero-order valence-electron chi connectivity index (χ0n) is 16.4. The molecule has 0 saturated carbocycles. The largest absolute Gasteiger partial charge is 0.480 e. The molecule has 0 aromatic heterocycles. The summed E-state index contributed by atoms with van der Waals surface area (Å²) in [5, 5.41) is 16.1. The topological polar surface area (TPSA) is 138 Å². The predicted molar refractivity (Wildman–Crippen MR) is 101 cm³/mol. The fraction of sp³-hybridized carbons (Fsp3) is 0.889. The molecule has 0 rings (SSSR count). The molecule has 0 bridgehead atoms. The number of hydrogen-bond donors (Lipinski definition) is 3. The number of ether oxygens (including phenoxy) is 1. The minimum atomic E-state index is -5.16. The van der Waals surface area contributed by atoms with E-state index in [0.717, 1.165) is 25.7 Å². The predicted octanol–water partition coefficient (Wildman–Crippen LogP) is 3.50. The van der Waals surface area contributed by atoms with Gasteiger partial charge in [0.15, 0.2) is 5.60 Å². The van der Waals surface area contributed by atoms with Gasteiger partial charge >= 0.3 is 11.9 Å². The van der Waals surface area contributed by atoms with E-state index < -0.39 is 32.9 Å². The first-order valence-electron chi connectivity index (χ1n) is 9.69. The SMILES string of the molecule is CCCCCCCCCCCCC(OCC)(C(=O)O)C(C(=O)O)S(=O)(=O)O. The van der Waals surface area contributed by atoms with Crippen molar-refractivity contribution in [1.29, 1.82) is 0 Å². The van der Waals surface area contributed by atoms with Crippen molar-refractivity contribution in [2.75, 3.05) is 6.61 Å². The number of aliphatic carboxylic acids is 2. The molecular formula is C18H34O8S. The summed E-state index contributed by atoms with van der Waals surface area (Å²) in [5.41, 5.74) is -2.51. The summed E-state index contributed by atoms with van der Waals surface area (Å²) in [4.78, 5) is 23.1. The lowest BCUT2D eigenvalue weighted by molar-refractivity contribution is -0.173. The van der Waals surface area contributed by atoms with Crippen LogP contribution in [0.15, 0.2) is 0 Å². The molecule has 27 heavy (non-hydrogen) atoms. The third-order valence-corrected chi connectivity index (χ3v) is 5.79. The second-order valence-corrected chi connectivity index (χ2v) is 8.29. The average molecular weight is 411 g/mol. The molecule has 0 fully saturated rings. The van der Waals surface area contributed by atoms with Gasteiger partial charge in [0.2, 0.25) is 5.25 Å². The van der Waals surface area contributed by atoms with E-state index in [1.165, 1.54) is 32.6 Å². The molecule has 0 aromatic rings. The number of carbonyl (C=O) groups is 2. The van der Waals surface area contributed by atoms with E-state index in [1.807, 2.05) is 0 Å². The molecule has 160 valence electrons. The Bertz CT molecular complexity index is 546. The number of hydrogen-bond acceptors (Lipinski definition) is 5. The maximum atomic E-state index is 11.7.